The molecule has 1 aromatic heterocycles. The second-order valence-corrected chi connectivity index (χ2v) is 4.73. The van der Waals surface area contributed by atoms with Crippen LogP contribution in [0.4, 0.5) is 13.2 Å². The lowest BCUT2D eigenvalue weighted by Crippen LogP contribution is -1.99. The predicted octanol–water partition coefficient (Wildman–Crippen LogP) is 4.11. The van der Waals surface area contributed by atoms with Crippen molar-refractivity contribution in [2.75, 3.05) is 7.11 Å². The Hall–Kier alpha value is -2.28. The lowest BCUT2D eigenvalue weighted by Gasteiger charge is -2.07. The van der Waals surface area contributed by atoms with Crippen LogP contribution < -0.4 is 4.74 Å². The van der Waals surface area contributed by atoms with E-state index in [1.54, 1.807) is 18.2 Å². The van der Waals surface area contributed by atoms with Crippen molar-refractivity contribution < 1.29 is 17.9 Å². The first-order valence-corrected chi connectivity index (χ1v) is 6.36. The van der Waals surface area contributed by atoms with Gasteiger partial charge in [-0.15, -0.1) is 0 Å². The highest BCUT2D eigenvalue weighted by Crippen LogP contribution is 2.28. The standard InChI is InChI=1S/C14H9F3N2OS/c1-20-11-4-2-3-10-13(11)18-14(21)19(10)7-5-8(15)12(17)9(16)6-7/h2-6H,1H3,(H,18,21). The molecule has 3 rings (SSSR count). The largest absolute Gasteiger partial charge is 0.494 e. The van der Waals surface area contributed by atoms with Gasteiger partial charge in [-0.1, -0.05) is 6.07 Å². The molecule has 1 heterocycles. The van der Waals surface area contributed by atoms with Gasteiger partial charge in [0.05, 0.1) is 18.3 Å². The number of nitrogens with zero attached hydrogens (tertiary/aromatic N) is 1. The molecule has 7 heteroatoms. The molecule has 0 radical (unpaired) electrons. The summed E-state index contributed by atoms with van der Waals surface area (Å²) in [5.41, 5.74) is 1.26. The molecule has 0 saturated carbocycles. The maximum absolute atomic E-state index is 13.4. The number of methoxy groups -OCH3 is 1. The summed E-state index contributed by atoms with van der Waals surface area (Å²) in [7, 11) is 1.50. The van der Waals surface area contributed by atoms with E-state index in [2.05, 4.69) is 4.98 Å². The van der Waals surface area contributed by atoms with E-state index >= 15 is 0 Å². The fourth-order valence-corrected chi connectivity index (χ4v) is 2.51. The number of aromatic amines is 1. The van der Waals surface area contributed by atoms with Crippen LogP contribution in [0.3, 0.4) is 0 Å². The average Bonchev–Trinajstić information content (AvgIpc) is 2.80. The van der Waals surface area contributed by atoms with Gasteiger partial charge in [0.25, 0.3) is 0 Å². The second kappa shape index (κ2) is 4.92. The van der Waals surface area contributed by atoms with Crippen LogP contribution >= 0.6 is 12.2 Å². The lowest BCUT2D eigenvalue weighted by atomic mass is 10.2. The minimum Gasteiger partial charge on any atom is -0.494 e. The van der Waals surface area contributed by atoms with E-state index in [1.807, 2.05) is 0 Å². The Morgan fingerprint density at radius 3 is 2.43 bits per heavy atom. The Bertz CT molecular complexity index is 878. The van der Waals surface area contributed by atoms with Gasteiger partial charge in [-0.2, -0.15) is 0 Å². The Kier molecular flexibility index (Phi) is 3.21. The number of nitrogens with one attached hydrogen (secondary N) is 1. The molecule has 3 nitrogen and oxygen atoms in total. The molecular formula is C14H9F3N2OS. The zero-order valence-corrected chi connectivity index (χ0v) is 11.6. The van der Waals surface area contributed by atoms with Gasteiger partial charge in [0.15, 0.2) is 22.2 Å². The predicted molar refractivity (Wildman–Crippen MR) is 74.9 cm³/mol. The van der Waals surface area contributed by atoms with Crippen LogP contribution in [0.2, 0.25) is 0 Å². The molecule has 0 spiro atoms. The number of benzene rings is 2. The van der Waals surface area contributed by atoms with Crippen molar-refractivity contribution in [1.29, 1.82) is 0 Å². The van der Waals surface area contributed by atoms with Crippen LogP contribution in [0.5, 0.6) is 5.75 Å². The summed E-state index contributed by atoms with van der Waals surface area (Å²) in [5, 5.41) is 0. The molecule has 0 saturated heterocycles. The van der Waals surface area contributed by atoms with Crippen molar-refractivity contribution in [3.05, 3.63) is 52.6 Å². The first-order valence-electron chi connectivity index (χ1n) is 5.95. The van der Waals surface area contributed by atoms with Gasteiger partial charge in [-0.3, -0.25) is 4.57 Å². The molecular weight excluding hydrogens is 301 g/mol. The van der Waals surface area contributed by atoms with E-state index in [9.17, 15) is 13.2 Å². The van der Waals surface area contributed by atoms with Crippen LogP contribution in [0, 0.1) is 22.2 Å². The molecule has 0 amide bonds. The Morgan fingerprint density at radius 2 is 1.81 bits per heavy atom. The van der Waals surface area contributed by atoms with Gasteiger partial charge >= 0.3 is 0 Å². The van der Waals surface area contributed by atoms with Crippen LogP contribution in [0.15, 0.2) is 30.3 Å². The van der Waals surface area contributed by atoms with Crippen LogP contribution in [0.1, 0.15) is 0 Å². The Morgan fingerprint density at radius 1 is 1.14 bits per heavy atom. The number of H-pyrrole nitrogens is 1. The third-order valence-corrected chi connectivity index (χ3v) is 3.41. The van der Waals surface area contributed by atoms with Crippen LogP contribution in [-0.4, -0.2) is 16.7 Å². The third kappa shape index (κ3) is 2.09. The Balaban J connectivity index is 2.36. The minimum atomic E-state index is -1.51. The minimum absolute atomic E-state index is 0.0934. The normalized spacial score (nSPS) is 11.0. The van der Waals surface area contributed by atoms with E-state index in [1.165, 1.54) is 11.7 Å². The number of halogens is 3. The Labute approximate surface area is 122 Å². The van der Waals surface area contributed by atoms with E-state index in [4.69, 9.17) is 17.0 Å². The molecule has 0 aliphatic rings. The van der Waals surface area contributed by atoms with Gasteiger partial charge in [-0.25, -0.2) is 13.2 Å². The van der Waals surface area contributed by atoms with E-state index in [-0.39, 0.29) is 10.5 Å². The number of rotatable bonds is 2. The third-order valence-electron chi connectivity index (χ3n) is 3.13. The summed E-state index contributed by atoms with van der Waals surface area (Å²) < 4.78 is 46.7. The molecule has 0 bridgehead atoms. The maximum atomic E-state index is 13.4. The van der Waals surface area contributed by atoms with Gasteiger partial charge < -0.3 is 9.72 Å². The number of aromatic nitrogens is 2. The lowest BCUT2D eigenvalue weighted by molar-refractivity contribution is 0.419. The zero-order chi connectivity index (χ0) is 15.1. The van der Waals surface area contributed by atoms with E-state index < -0.39 is 17.5 Å². The average molecular weight is 310 g/mol. The quantitative estimate of drug-likeness (QED) is 0.570. The molecule has 2 aromatic carbocycles. The molecule has 0 atom stereocenters. The summed E-state index contributed by atoms with van der Waals surface area (Å²) in [6.45, 7) is 0. The molecule has 108 valence electrons. The van der Waals surface area contributed by atoms with Gasteiger partial charge in [0, 0.05) is 12.1 Å². The molecule has 1 N–H and O–H groups in total. The van der Waals surface area contributed by atoms with Crippen molar-refractivity contribution in [1.82, 2.24) is 9.55 Å². The molecule has 0 aliphatic carbocycles. The van der Waals surface area contributed by atoms with E-state index in [0.717, 1.165) is 12.1 Å². The number of hydrogen-bond acceptors (Lipinski definition) is 2. The van der Waals surface area contributed by atoms with Gasteiger partial charge in [0.2, 0.25) is 0 Å². The highest BCUT2D eigenvalue weighted by Gasteiger charge is 2.15. The van der Waals surface area contributed by atoms with Gasteiger partial charge in [0.1, 0.15) is 11.3 Å². The van der Waals surface area contributed by atoms with Crippen molar-refractivity contribution >= 4 is 23.3 Å². The molecule has 21 heavy (non-hydrogen) atoms. The number of imidazole rings is 1. The second-order valence-electron chi connectivity index (χ2n) is 4.34. The summed E-state index contributed by atoms with van der Waals surface area (Å²) in [6.07, 6.45) is 0. The smallest absolute Gasteiger partial charge is 0.194 e. The summed E-state index contributed by atoms with van der Waals surface area (Å²) in [4.78, 5) is 2.91. The van der Waals surface area contributed by atoms with E-state index in [0.29, 0.717) is 16.8 Å². The number of hydrogen-bond donors (Lipinski definition) is 1. The molecule has 0 unspecified atom stereocenters. The van der Waals surface area contributed by atoms with Crippen LogP contribution in [0.25, 0.3) is 16.7 Å². The molecule has 0 aliphatic heterocycles. The summed E-state index contributed by atoms with van der Waals surface area (Å²) in [6, 6.07) is 6.94. The van der Waals surface area contributed by atoms with Crippen molar-refractivity contribution in [2.24, 2.45) is 0 Å². The highest BCUT2D eigenvalue weighted by molar-refractivity contribution is 7.71. The van der Waals surface area contributed by atoms with Gasteiger partial charge in [-0.05, 0) is 24.4 Å². The molecule has 0 fully saturated rings. The molecule has 3 aromatic rings. The summed E-state index contributed by atoms with van der Waals surface area (Å²) in [5.74, 6) is -3.52. The first-order chi connectivity index (χ1) is 10.0. The monoisotopic (exact) mass is 310 g/mol. The first kappa shape index (κ1) is 13.7. The summed E-state index contributed by atoms with van der Waals surface area (Å²) >= 11 is 5.18. The highest BCUT2D eigenvalue weighted by atomic mass is 32.1. The number of para-hydroxylation sites is 1. The fourth-order valence-electron chi connectivity index (χ4n) is 2.20. The van der Waals surface area contributed by atoms with Crippen molar-refractivity contribution in [2.45, 2.75) is 0 Å². The number of fused-ring (bicyclic) bond motifs is 1. The SMILES string of the molecule is COc1cccc2c1[nH]c(=S)n2-c1cc(F)c(F)c(F)c1. The number of ether oxygens (including phenoxy) is 1. The fraction of sp³-hybridized carbons (Fsp3) is 0.0714. The van der Waals surface area contributed by atoms with Crippen molar-refractivity contribution in [3.63, 3.8) is 0 Å². The van der Waals surface area contributed by atoms with Crippen LogP contribution in [-0.2, 0) is 0 Å². The maximum Gasteiger partial charge on any atom is 0.194 e. The topological polar surface area (TPSA) is 29.9 Å². The zero-order valence-electron chi connectivity index (χ0n) is 10.8. The van der Waals surface area contributed by atoms with Crippen molar-refractivity contribution in [3.8, 4) is 11.4 Å².